The summed E-state index contributed by atoms with van der Waals surface area (Å²) in [6, 6.07) is 4.36. The van der Waals surface area contributed by atoms with Gasteiger partial charge in [0.15, 0.2) is 0 Å². The van der Waals surface area contributed by atoms with Crippen molar-refractivity contribution in [3.8, 4) is 0 Å². The number of hydrogen-bond acceptors (Lipinski definition) is 4. The van der Waals surface area contributed by atoms with Crippen LogP contribution >= 0.6 is 0 Å². The molecule has 0 spiro atoms. The molecule has 1 aromatic carbocycles. The fourth-order valence-electron chi connectivity index (χ4n) is 2.34. The van der Waals surface area contributed by atoms with Crippen molar-refractivity contribution in [2.24, 2.45) is 5.73 Å². The number of rotatable bonds is 4. The second-order valence-electron chi connectivity index (χ2n) is 5.06. The number of amides is 2. The normalized spacial score (nSPS) is 15.9. The number of likely N-dealkylation sites (tertiary alicyclic amines) is 1. The number of hydrogen-bond donors (Lipinski definition) is 3. The van der Waals surface area contributed by atoms with E-state index in [4.69, 9.17) is 11.5 Å². The number of carbonyl (C=O) groups is 2. The Morgan fingerprint density at radius 3 is 2.55 bits per heavy atom. The molecule has 1 unspecified atom stereocenters. The topological polar surface area (TPSA) is 101 Å². The van der Waals surface area contributed by atoms with Crippen LogP contribution < -0.4 is 16.8 Å². The molecule has 1 fully saturated rings. The fraction of sp³-hybridized carbons (Fsp3) is 0.429. The molecular weight excluding hydrogens is 256 g/mol. The highest BCUT2D eigenvalue weighted by Gasteiger charge is 2.23. The van der Waals surface area contributed by atoms with Gasteiger partial charge in [-0.05, 0) is 38.0 Å². The molecule has 1 saturated heterocycles. The zero-order chi connectivity index (χ0) is 14.7. The van der Waals surface area contributed by atoms with Gasteiger partial charge in [0.1, 0.15) is 6.04 Å². The zero-order valence-electron chi connectivity index (χ0n) is 11.6. The Bertz CT molecular complexity index is 524. The number of benzene rings is 1. The van der Waals surface area contributed by atoms with Crippen molar-refractivity contribution in [1.29, 1.82) is 0 Å². The van der Waals surface area contributed by atoms with Gasteiger partial charge in [-0.25, -0.2) is 0 Å². The maximum Gasteiger partial charge on any atom is 0.248 e. The first-order valence-electron chi connectivity index (χ1n) is 6.73. The van der Waals surface area contributed by atoms with Crippen LogP contribution in [0.3, 0.4) is 0 Å². The largest absolute Gasteiger partial charge is 0.397 e. The third-order valence-electron chi connectivity index (χ3n) is 3.50. The fourth-order valence-corrected chi connectivity index (χ4v) is 2.34. The van der Waals surface area contributed by atoms with Crippen molar-refractivity contribution in [3.05, 3.63) is 23.8 Å². The van der Waals surface area contributed by atoms with Gasteiger partial charge in [-0.1, -0.05) is 0 Å². The molecule has 6 heteroatoms. The van der Waals surface area contributed by atoms with Crippen molar-refractivity contribution in [3.63, 3.8) is 0 Å². The van der Waals surface area contributed by atoms with Crippen LogP contribution in [-0.2, 0) is 4.79 Å². The third kappa shape index (κ3) is 3.01. The van der Waals surface area contributed by atoms with Gasteiger partial charge in [-0.3, -0.25) is 9.59 Å². The molecule has 0 radical (unpaired) electrons. The quantitative estimate of drug-likeness (QED) is 0.708. The summed E-state index contributed by atoms with van der Waals surface area (Å²) in [5.41, 5.74) is 12.5. The van der Waals surface area contributed by atoms with E-state index in [-0.39, 0.29) is 5.91 Å². The molecule has 0 bridgehead atoms. The molecule has 1 aliphatic heterocycles. The lowest BCUT2D eigenvalue weighted by atomic mass is 10.1. The van der Waals surface area contributed by atoms with Gasteiger partial charge >= 0.3 is 0 Å². The predicted octanol–water partition coefficient (Wildman–Crippen LogP) is 0.790. The van der Waals surface area contributed by atoms with Crippen molar-refractivity contribution < 1.29 is 9.59 Å². The molecule has 1 aromatic rings. The lowest BCUT2D eigenvalue weighted by Gasteiger charge is -2.22. The summed E-state index contributed by atoms with van der Waals surface area (Å²) in [5, 5.41) is 3.06. The summed E-state index contributed by atoms with van der Waals surface area (Å²) in [5.74, 6) is -0.474. The number of anilines is 2. The molecule has 1 atom stereocenters. The van der Waals surface area contributed by atoms with E-state index in [1.165, 1.54) is 0 Å². The molecule has 108 valence electrons. The summed E-state index contributed by atoms with van der Waals surface area (Å²) < 4.78 is 0. The highest BCUT2D eigenvalue weighted by atomic mass is 16.2. The zero-order valence-corrected chi connectivity index (χ0v) is 11.6. The predicted molar refractivity (Wildman–Crippen MR) is 78.3 cm³/mol. The summed E-state index contributed by atoms with van der Waals surface area (Å²) >= 11 is 0. The van der Waals surface area contributed by atoms with Gasteiger partial charge < -0.3 is 21.7 Å². The summed E-state index contributed by atoms with van der Waals surface area (Å²) in [7, 11) is 0. The number of primary amides is 1. The molecule has 0 saturated carbocycles. The van der Waals surface area contributed by atoms with Crippen LogP contribution in [0.1, 0.15) is 30.1 Å². The van der Waals surface area contributed by atoms with Crippen LogP contribution in [0.4, 0.5) is 11.4 Å². The Morgan fingerprint density at radius 1 is 1.30 bits per heavy atom. The number of carbonyl (C=O) groups excluding carboxylic acids is 2. The lowest BCUT2D eigenvalue weighted by molar-refractivity contribution is -0.130. The molecule has 6 nitrogen and oxygen atoms in total. The minimum Gasteiger partial charge on any atom is -0.397 e. The third-order valence-corrected chi connectivity index (χ3v) is 3.50. The van der Waals surface area contributed by atoms with Gasteiger partial charge in [0.05, 0.1) is 11.4 Å². The Labute approximate surface area is 118 Å². The number of nitrogen functional groups attached to an aromatic ring is 1. The van der Waals surface area contributed by atoms with Crippen LogP contribution in [-0.4, -0.2) is 35.8 Å². The van der Waals surface area contributed by atoms with Gasteiger partial charge in [0, 0.05) is 18.7 Å². The smallest absolute Gasteiger partial charge is 0.248 e. The second kappa shape index (κ2) is 5.81. The van der Waals surface area contributed by atoms with Crippen molar-refractivity contribution in [2.45, 2.75) is 25.8 Å². The Hall–Kier alpha value is -2.24. The van der Waals surface area contributed by atoms with Gasteiger partial charge in [0.25, 0.3) is 0 Å². The average Bonchev–Trinajstić information content (AvgIpc) is 2.94. The maximum atomic E-state index is 12.2. The van der Waals surface area contributed by atoms with E-state index < -0.39 is 11.9 Å². The molecule has 2 rings (SSSR count). The Morgan fingerprint density at radius 2 is 1.95 bits per heavy atom. The molecule has 20 heavy (non-hydrogen) atoms. The summed E-state index contributed by atoms with van der Waals surface area (Å²) in [4.78, 5) is 25.2. The van der Waals surface area contributed by atoms with Gasteiger partial charge in [0.2, 0.25) is 11.8 Å². The van der Waals surface area contributed by atoms with E-state index in [2.05, 4.69) is 5.32 Å². The van der Waals surface area contributed by atoms with E-state index >= 15 is 0 Å². The van der Waals surface area contributed by atoms with Gasteiger partial charge in [-0.2, -0.15) is 0 Å². The first kappa shape index (κ1) is 14.2. The second-order valence-corrected chi connectivity index (χ2v) is 5.06. The van der Waals surface area contributed by atoms with Crippen LogP contribution in [0.15, 0.2) is 18.2 Å². The number of nitrogens with one attached hydrogen (secondary N) is 1. The first-order chi connectivity index (χ1) is 9.49. The van der Waals surface area contributed by atoms with E-state index in [1.54, 1.807) is 25.1 Å². The van der Waals surface area contributed by atoms with E-state index in [1.807, 2.05) is 4.90 Å². The molecule has 0 aromatic heterocycles. The van der Waals surface area contributed by atoms with Crippen LogP contribution in [0.25, 0.3) is 0 Å². The maximum absolute atomic E-state index is 12.2. The van der Waals surface area contributed by atoms with Crippen molar-refractivity contribution >= 4 is 23.2 Å². The average molecular weight is 276 g/mol. The molecule has 1 aliphatic rings. The van der Waals surface area contributed by atoms with Crippen molar-refractivity contribution in [2.75, 3.05) is 24.1 Å². The molecule has 5 N–H and O–H groups in total. The van der Waals surface area contributed by atoms with Crippen LogP contribution in [0.2, 0.25) is 0 Å². The first-order valence-corrected chi connectivity index (χ1v) is 6.73. The Kier molecular flexibility index (Phi) is 4.12. The highest BCUT2D eigenvalue weighted by molar-refractivity contribution is 5.95. The van der Waals surface area contributed by atoms with Crippen molar-refractivity contribution in [1.82, 2.24) is 4.90 Å². The number of nitrogens with two attached hydrogens (primary N) is 2. The minimum atomic E-state index is -0.522. The van der Waals surface area contributed by atoms with E-state index in [9.17, 15) is 9.59 Å². The van der Waals surface area contributed by atoms with Gasteiger partial charge in [-0.15, -0.1) is 0 Å². The standard InChI is InChI=1S/C14H20N4O2/c1-9(14(20)18-6-2-3-7-18)17-12-8-10(13(16)19)4-5-11(12)15/h4-5,8-9,17H,2-3,6-7,15H2,1H3,(H2,16,19). The number of nitrogens with zero attached hydrogens (tertiary/aromatic N) is 1. The molecule has 0 aliphatic carbocycles. The van der Waals surface area contributed by atoms with E-state index in [0.29, 0.717) is 16.9 Å². The monoisotopic (exact) mass is 276 g/mol. The molecule has 2 amide bonds. The highest BCUT2D eigenvalue weighted by Crippen LogP contribution is 2.21. The summed E-state index contributed by atoms with van der Waals surface area (Å²) in [6.07, 6.45) is 2.11. The lowest BCUT2D eigenvalue weighted by Crippen LogP contribution is -2.39. The molecule has 1 heterocycles. The van der Waals surface area contributed by atoms with Crippen LogP contribution in [0, 0.1) is 0 Å². The van der Waals surface area contributed by atoms with Crippen LogP contribution in [0.5, 0.6) is 0 Å². The minimum absolute atomic E-state index is 0.0476. The van der Waals surface area contributed by atoms with E-state index in [0.717, 1.165) is 25.9 Å². The SMILES string of the molecule is CC(Nc1cc(C(N)=O)ccc1N)C(=O)N1CCCC1. The Balaban J connectivity index is 2.10. The summed E-state index contributed by atoms with van der Waals surface area (Å²) in [6.45, 7) is 3.40. The molecular formula is C14H20N4O2.